The molecule has 5 heteroatoms. The van der Waals surface area contributed by atoms with E-state index in [0.29, 0.717) is 13.1 Å². The third-order valence-corrected chi connectivity index (χ3v) is 2.85. The maximum atomic E-state index is 13.2. The van der Waals surface area contributed by atoms with E-state index in [4.69, 9.17) is 11.6 Å². The second-order valence-electron chi connectivity index (χ2n) is 3.80. The standard InChI is InChI=1S/C12H13ClFN3/c1-17-6-5-10(16-17)8-15-7-9-3-2-4-11(14)12(9)13/h2-6,15H,7-8H2,1H3. The van der Waals surface area contributed by atoms with E-state index in [2.05, 4.69) is 10.4 Å². The number of benzene rings is 1. The molecule has 0 bridgehead atoms. The Hall–Kier alpha value is -1.39. The van der Waals surface area contributed by atoms with E-state index in [1.807, 2.05) is 19.3 Å². The lowest BCUT2D eigenvalue weighted by atomic mass is 10.2. The molecule has 0 spiro atoms. The summed E-state index contributed by atoms with van der Waals surface area (Å²) in [6.45, 7) is 1.15. The average Bonchev–Trinajstić information content (AvgIpc) is 2.70. The van der Waals surface area contributed by atoms with Crippen LogP contribution in [0.25, 0.3) is 0 Å². The van der Waals surface area contributed by atoms with Crippen molar-refractivity contribution < 1.29 is 4.39 Å². The first-order valence-corrected chi connectivity index (χ1v) is 5.67. The average molecular weight is 254 g/mol. The molecule has 0 atom stereocenters. The summed E-state index contributed by atoms with van der Waals surface area (Å²) in [7, 11) is 1.87. The Bertz CT molecular complexity index is 510. The van der Waals surface area contributed by atoms with E-state index in [9.17, 15) is 4.39 Å². The van der Waals surface area contributed by atoms with E-state index in [1.165, 1.54) is 6.07 Å². The van der Waals surface area contributed by atoms with Gasteiger partial charge >= 0.3 is 0 Å². The topological polar surface area (TPSA) is 29.9 Å². The molecule has 2 aromatic rings. The molecule has 90 valence electrons. The molecule has 1 N–H and O–H groups in total. The van der Waals surface area contributed by atoms with Crippen LogP contribution in [0.15, 0.2) is 30.5 Å². The molecule has 0 aliphatic heterocycles. The fourth-order valence-corrected chi connectivity index (χ4v) is 1.76. The summed E-state index contributed by atoms with van der Waals surface area (Å²) in [5.74, 6) is -0.385. The number of halogens is 2. The van der Waals surface area contributed by atoms with E-state index < -0.39 is 0 Å². The smallest absolute Gasteiger partial charge is 0.142 e. The summed E-state index contributed by atoms with van der Waals surface area (Å²) >= 11 is 5.84. The molecule has 0 saturated heterocycles. The molecule has 1 aromatic heterocycles. The van der Waals surface area contributed by atoms with Gasteiger partial charge in [-0.3, -0.25) is 4.68 Å². The van der Waals surface area contributed by atoms with Crippen molar-refractivity contribution in [3.05, 3.63) is 52.6 Å². The van der Waals surface area contributed by atoms with Gasteiger partial charge in [-0.25, -0.2) is 4.39 Å². The summed E-state index contributed by atoms with van der Waals surface area (Å²) in [4.78, 5) is 0. The SMILES string of the molecule is Cn1ccc(CNCc2cccc(F)c2Cl)n1. The summed E-state index contributed by atoms with van der Waals surface area (Å²) in [5.41, 5.74) is 1.70. The third kappa shape index (κ3) is 3.05. The van der Waals surface area contributed by atoms with Gasteiger partial charge in [0.15, 0.2) is 0 Å². The minimum absolute atomic E-state index is 0.182. The predicted molar refractivity (Wildman–Crippen MR) is 65.2 cm³/mol. The van der Waals surface area contributed by atoms with Crippen LogP contribution in [-0.4, -0.2) is 9.78 Å². The summed E-state index contributed by atoms with van der Waals surface area (Å²) in [5, 5.41) is 7.58. The largest absolute Gasteiger partial charge is 0.307 e. The summed E-state index contributed by atoms with van der Waals surface area (Å²) < 4.78 is 14.9. The van der Waals surface area contributed by atoms with Crippen LogP contribution in [0.1, 0.15) is 11.3 Å². The lowest BCUT2D eigenvalue weighted by Gasteiger charge is -2.05. The van der Waals surface area contributed by atoms with Crippen molar-refractivity contribution >= 4 is 11.6 Å². The van der Waals surface area contributed by atoms with Crippen LogP contribution in [0, 0.1) is 5.82 Å². The number of rotatable bonds is 4. The highest BCUT2D eigenvalue weighted by molar-refractivity contribution is 6.31. The zero-order valence-electron chi connectivity index (χ0n) is 9.45. The van der Waals surface area contributed by atoms with Gasteiger partial charge in [-0.15, -0.1) is 0 Å². The molecule has 3 nitrogen and oxygen atoms in total. The van der Waals surface area contributed by atoms with E-state index in [1.54, 1.807) is 16.8 Å². The van der Waals surface area contributed by atoms with Crippen LogP contribution in [0.2, 0.25) is 5.02 Å². The highest BCUT2D eigenvalue weighted by atomic mass is 35.5. The van der Waals surface area contributed by atoms with Crippen molar-refractivity contribution in [2.24, 2.45) is 7.05 Å². The molecule has 17 heavy (non-hydrogen) atoms. The zero-order valence-corrected chi connectivity index (χ0v) is 10.2. The number of aryl methyl sites for hydroxylation is 1. The quantitative estimate of drug-likeness (QED) is 0.907. The van der Waals surface area contributed by atoms with E-state index in [0.717, 1.165) is 11.3 Å². The Morgan fingerprint density at radius 1 is 1.35 bits per heavy atom. The molecule has 0 amide bonds. The Balaban J connectivity index is 1.92. The molecule has 0 fully saturated rings. The van der Waals surface area contributed by atoms with Crippen molar-refractivity contribution in [2.45, 2.75) is 13.1 Å². The first-order valence-electron chi connectivity index (χ1n) is 5.29. The molecule has 0 radical (unpaired) electrons. The normalized spacial score (nSPS) is 10.8. The molecular formula is C12H13ClFN3. The molecular weight excluding hydrogens is 241 g/mol. The van der Waals surface area contributed by atoms with Crippen molar-refractivity contribution in [3.8, 4) is 0 Å². The van der Waals surface area contributed by atoms with Crippen molar-refractivity contribution in [3.63, 3.8) is 0 Å². The second kappa shape index (κ2) is 5.29. The number of hydrogen-bond donors (Lipinski definition) is 1. The van der Waals surface area contributed by atoms with Crippen LogP contribution in [0.3, 0.4) is 0 Å². The van der Waals surface area contributed by atoms with Gasteiger partial charge in [-0.05, 0) is 17.7 Å². The second-order valence-corrected chi connectivity index (χ2v) is 4.18. The summed E-state index contributed by atoms with van der Waals surface area (Å²) in [6.07, 6.45) is 1.88. The van der Waals surface area contributed by atoms with Crippen LogP contribution < -0.4 is 5.32 Å². The van der Waals surface area contributed by atoms with Crippen LogP contribution in [-0.2, 0) is 20.1 Å². The number of aromatic nitrogens is 2. The Morgan fingerprint density at radius 2 is 2.18 bits per heavy atom. The zero-order chi connectivity index (χ0) is 12.3. The van der Waals surface area contributed by atoms with Gasteiger partial charge in [0.25, 0.3) is 0 Å². The maximum absolute atomic E-state index is 13.2. The molecule has 1 aromatic carbocycles. The summed E-state index contributed by atoms with van der Waals surface area (Å²) in [6, 6.07) is 6.74. The van der Waals surface area contributed by atoms with E-state index >= 15 is 0 Å². The highest BCUT2D eigenvalue weighted by Gasteiger charge is 2.05. The van der Waals surface area contributed by atoms with Crippen LogP contribution in [0.4, 0.5) is 4.39 Å². The van der Waals surface area contributed by atoms with Gasteiger partial charge in [0.2, 0.25) is 0 Å². The minimum atomic E-state index is -0.385. The molecule has 0 aliphatic carbocycles. The molecule has 0 saturated carbocycles. The lowest BCUT2D eigenvalue weighted by Crippen LogP contribution is -2.13. The van der Waals surface area contributed by atoms with Crippen molar-refractivity contribution in [1.82, 2.24) is 15.1 Å². The first-order chi connectivity index (χ1) is 8.16. The number of nitrogens with one attached hydrogen (secondary N) is 1. The highest BCUT2D eigenvalue weighted by Crippen LogP contribution is 2.19. The predicted octanol–water partition coefficient (Wildman–Crippen LogP) is 2.50. The van der Waals surface area contributed by atoms with Crippen molar-refractivity contribution in [2.75, 3.05) is 0 Å². The number of hydrogen-bond acceptors (Lipinski definition) is 2. The van der Waals surface area contributed by atoms with Gasteiger partial charge < -0.3 is 5.32 Å². The van der Waals surface area contributed by atoms with E-state index in [-0.39, 0.29) is 10.8 Å². The van der Waals surface area contributed by atoms with Crippen LogP contribution in [0.5, 0.6) is 0 Å². The van der Waals surface area contributed by atoms with Crippen molar-refractivity contribution in [1.29, 1.82) is 0 Å². The van der Waals surface area contributed by atoms with Gasteiger partial charge in [-0.1, -0.05) is 23.7 Å². The molecule has 1 heterocycles. The first kappa shape index (κ1) is 12.1. The molecule has 0 unspecified atom stereocenters. The molecule has 0 aliphatic rings. The van der Waals surface area contributed by atoms with Gasteiger partial charge in [0.1, 0.15) is 5.82 Å². The maximum Gasteiger partial charge on any atom is 0.142 e. The lowest BCUT2D eigenvalue weighted by molar-refractivity contribution is 0.618. The van der Waals surface area contributed by atoms with Gasteiger partial charge in [0, 0.05) is 26.3 Å². The third-order valence-electron chi connectivity index (χ3n) is 2.42. The number of nitrogens with zero attached hydrogens (tertiary/aromatic N) is 2. The Labute approximate surface area is 104 Å². The van der Waals surface area contributed by atoms with Crippen LogP contribution >= 0.6 is 11.6 Å². The fourth-order valence-electron chi connectivity index (χ4n) is 1.57. The Kier molecular flexibility index (Phi) is 3.76. The van der Waals surface area contributed by atoms with Gasteiger partial charge in [0.05, 0.1) is 10.7 Å². The molecule has 2 rings (SSSR count). The minimum Gasteiger partial charge on any atom is -0.307 e. The Morgan fingerprint density at radius 3 is 2.88 bits per heavy atom. The van der Waals surface area contributed by atoms with Gasteiger partial charge in [-0.2, -0.15) is 5.10 Å². The fraction of sp³-hybridized carbons (Fsp3) is 0.250. The monoisotopic (exact) mass is 253 g/mol.